The molecule has 0 aromatic carbocycles. The van der Waals surface area contributed by atoms with Gasteiger partial charge in [-0.25, -0.2) is 4.98 Å². The van der Waals surface area contributed by atoms with E-state index >= 15 is 0 Å². The highest BCUT2D eigenvalue weighted by Gasteiger charge is 2.34. The zero-order chi connectivity index (χ0) is 14.1. The molecule has 0 unspecified atom stereocenters. The van der Waals surface area contributed by atoms with Crippen LogP contribution in [0.1, 0.15) is 43.7 Å². The average Bonchev–Trinajstić information content (AvgIpc) is 2.33. The third kappa shape index (κ3) is 3.45. The number of hydrogen-bond acceptors (Lipinski definition) is 3. The SMILES string of the molecule is CC1(NC[C@H](O)c2cccc(C(F)(F)F)n2)CCC1. The van der Waals surface area contributed by atoms with Gasteiger partial charge in [0.25, 0.3) is 0 Å². The molecule has 2 N–H and O–H groups in total. The fourth-order valence-corrected chi connectivity index (χ4v) is 2.13. The molecule has 6 heteroatoms. The second-order valence-corrected chi connectivity index (χ2v) is 5.26. The molecule has 0 amide bonds. The van der Waals surface area contributed by atoms with Gasteiger partial charge in [0.05, 0.1) is 5.69 Å². The molecule has 1 saturated carbocycles. The van der Waals surface area contributed by atoms with Crippen molar-refractivity contribution in [3.05, 3.63) is 29.6 Å². The van der Waals surface area contributed by atoms with Crippen molar-refractivity contribution in [2.75, 3.05) is 6.54 Å². The molecule has 1 aliphatic carbocycles. The summed E-state index contributed by atoms with van der Waals surface area (Å²) in [6, 6.07) is 3.57. The lowest BCUT2D eigenvalue weighted by atomic mass is 9.78. The van der Waals surface area contributed by atoms with Crippen LogP contribution in [0.5, 0.6) is 0 Å². The van der Waals surface area contributed by atoms with E-state index in [1.54, 1.807) is 0 Å². The third-order valence-corrected chi connectivity index (χ3v) is 3.58. The topological polar surface area (TPSA) is 45.1 Å². The summed E-state index contributed by atoms with van der Waals surface area (Å²) in [6.07, 6.45) is -2.32. The minimum atomic E-state index is -4.48. The zero-order valence-corrected chi connectivity index (χ0v) is 10.7. The predicted molar refractivity (Wildman–Crippen MR) is 64.5 cm³/mol. The summed E-state index contributed by atoms with van der Waals surface area (Å²) >= 11 is 0. The van der Waals surface area contributed by atoms with E-state index in [4.69, 9.17) is 0 Å². The van der Waals surface area contributed by atoms with Crippen molar-refractivity contribution in [3.8, 4) is 0 Å². The van der Waals surface area contributed by atoms with E-state index in [9.17, 15) is 18.3 Å². The molecule has 1 aromatic rings. The number of halogens is 3. The molecule has 1 fully saturated rings. The predicted octanol–water partition coefficient (Wildman–Crippen LogP) is 2.67. The van der Waals surface area contributed by atoms with Crippen LogP contribution in [0.3, 0.4) is 0 Å². The summed E-state index contributed by atoms with van der Waals surface area (Å²) < 4.78 is 37.5. The van der Waals surface area contributed by atoms with Crippen molar-refractivity contribution in [1.29, 1.82) is 0 Å². The maximum atomic E-state index is 12.5. The molecule has 3 nitrogen and oxygen atoms in total. The first-order chi connectivity index (χ1) is 8.80. The van der Waals surface area contributed by atoms with E-state index < -0.39 is 18.0 Å². The van der Waals surface area contributed by atoms with Crippen molar-refractivity contribution in [2.24, 2.45) is 0 Å². The summed E-state index contributed by atoms with van der Waals surface area (Å²) in [7, 11) is 0. The molecule has 1 aromatic heterocycles. The first kappa shape index (κ1) is 14.3. The number of aliphatic hydroxyl groups is 1. The molecule has 106 valence electrons. The molecule has 0 saturated heterocycles. The van der Waals surface area contributed by atoms with E-state index in [1.165, 1.54) is 12.1 Å². The standard InChI is InChI=1S/C13H17F3N2O/c1-12(6-3-7-12)17-8-10(19)9-4-2-5-11(18-9)13(14,15)16/h2,4-5,10,17,19H,3,6-8H2,1H3/t10-/m0/s1. The lowest BCUT2D eigenvalue weighted by molar-refractivity contribution is -0.141. The van der Waals surface area contributed by atoms with E-state index in [0.29, 0.717) is 0 Å². The quantitative estimate of drug-likeness (QED) is 0.887. The smallest absolute Gasteiger partial charge is 0.385 e. The molecule has 1 heterocycles. The zero-order valence-electron chi connectivity index (χ0n) is 10.7. The van der Waals surface area contributed by atoms with Gasteiger partial charge in [0, 0.05) is 12.1 Å². The van der Waals surface area contributed by atoms with Crippen LogP contribution in [0.4, 0.5) is 13.2 Å². The van der Waals surface area contributed by atoms with Crippen LogP contribution in [-0.4, -0.2) is 22.2 Å². The van der Waals surface area contributed by atoms with Crippen LogP contribution in [0.2, 0.25) is 0 Å². The molecule has 19 heavy (non-hydrogen) atoms. The molecule has 0 radical (unpaired) electrons. The normalized spacial score (nSPS) is 19.8. The van der Waals surface area contributed by atoms with Crippen molar-refractivity contribution < 1.29 is 18.3 Å². The van der Waals surface area contributed by atoms with Gasteiger partial charge in [-0.1, -0.05) is 6.07 Å². The van der Waals surface area contributed by atoms with E-state index in [1.807, 2.05) is 6.92 Å². The number of pyridine rings is 1. The van der Waals surface area contributed by atoms with Gasteiger partial charge in [-0.05, 0) is 38.3 Å². The maximum Gasteiger partial charge on any atom is 0.433 e. The molecular formula is C13H17F3N2O. The Labute approximate surface area is 109 Å². The molecule has 0 bridgehead atoms. The van der Waals surface area contributed by atoms with Crippen LogP contribution in [0.25, 0.3) is 0 Å². The van der Waals surface area contributed by atoms with Gasteiger partial charge in [0.1, 0.15) is 11.8 Å². The number of nitrogens with one attached hydrogen (secondary N) is 1. The summed E-state index contributed by atoms with van der Waals surface area (Å²) in [4.78, 5) is 3.47. The summed E-state index contributed by atoms with van der Waals surface area (Å²) in [5.41, 5.74) is -0.924. The van der Waals surface area contributed by atoms with E-state index in [0.717, 1.165) is 25.3 Å². The lowest BCUT2D eigenvalue weighted by Crippen LogP contribution is -2.49. The number of aliphatic hydroxyl groups excluding tert-OH is 1. The van der Waals surface area contributed by atoms with Gasteiger partial charge in [-0.2, -0.15) is 13.2 Å². The van der Waals surface area contributed by atoms with Crippen molar-refractivity contribution >= 4 is 0 Å². The van der Waals surface area contributed by atoms with Gasteiger partial charge >= 0.3 is 6.18 Å². The minimum Gasteiger partial charge on any atom is -0.385 e. The Kier molecular flexibility index (Phi) is 3.82. The lowest BCUT2D eigenvalue weighted by Gasteiger charge is -2.40. The van der Waals surface area contributed by atoms with Crippen LogP contribution >= 0.6 is 0 Å². The molecule has 2 rings (SSSR count). The summed E-state index contributed by atoms with van der Waals surface area (Å²) in [5, 5.41) is 13.1. The Bertz CT molecular complexity index is 444. The van der Waals surface area contributed by atoms with Crippen LogP contribution in [0.15, 0.2) is 18.2 Å². The van der Waals surface area contributed by atoms with Crippen LogP contribution in [0, 0.1) is 0 Å². The number of nitrogens with zero attached hydrogens (tertiary/aromatic N) is 1. The monoisotopic (exact) mass is 274 g/mol. The summed E-state index contributed by atoms with van der Waals surface area (Å²) in [6.45, 7) is 2.26. The molecule has 0 aliphatic heterocycles. The first-order valence-corrected chi connectivity index (χ1v) is 6.27. The average molecular weight is 274 g/mol. The van der Waals surface area contributed by atoms with Crippen molar-refractivity contribution in [1.82, 2.24) is 10.3 Å². The highest BCUT2D eigenvalue weighted by atomic mass is 19.4. The van der Waals surface area contributed by atoms with Crippen molar-refractivity contribution in [2.45, 2.75) is 44.0 Å². The van der Waals surface area contributed by atoms with Gasteiger partial charge in [0.2, 0.25) is 0 Å². The van der Waals surface area contributed by atoms with Gasteiger partial charge in [-0.3, -0.25) is 0 Å². The van der Waals surface area contributed by atoms with Crippen LogP contribution in [-0.2, 0) is 6.18 Å². The fourth-order valence-electron chi connectivity index (χ4n) is 2.13. The Morgan fingerprint density at radius 2 is 2.11 bits per heavy atom. The largest absolute Gasteiger partial charge is 0.433 e. The highest BCUT2D eigenvalue weighted by Crippen LogP contribution is 2.31. The fraction of sp³-hybridized carbons (Fsp3) is 0.615. The Balaban J connectivity index is 2.00. The highest BCUT2D eigenvalue weighted by molar-refractivity contribution is 5.15. The molecule has 1 atom stereocenters. The molecule has 1 aliphatic rings. The Morgan fingerprint density at radius 3 is 2.63 bits per heavy atom. The number of hydrogen-bond donors (Lipinski definition) is 2. The second kappa shape index (κ2) is 5.09. The van der Waals surface area contributed by atoms with Gasteiger partial charge in [0.15, 0.2) is 0 Å². The third-order valence-electron chi connectivity index (χ3n) is 3.58. The number of rotatable bonds is 4. The van der Waals surface area contributed by atoms with Gasteiger partial charge in [-0.15, -0.1) is 0 Å². The van der Waals surface area contributed by atoms with Gasteiger partial charge < -0.3 is 10.4 Å². The number of aromatic nitrogens is 1. The minimum absolute atomic E-state index is 0.00260. The van der Waals surface area contributed by atoms with Crippen molar-refractivity contribution in [3.63, 3.8) is 0 Å². The number of β-amino-alcohol motifs (C(OH)–C–C–N with tert-alkyl or cyclic N) is 1. The summed E-state index contributed by atoms with van der Waals surface area (Å²) in [5.74, 6) is 0. The molecule has 0 spiro atoms. The number of alkyl halides is 3. The Hall–Kier alpha value is -1.14. The van der Waals surface area contributed by atoms with E-state index in [-0.39, 0.29) is 17.8 Å². The Morgan fingerprint density at radius 1 is 1.42 bits per heavy atom. The molecular weight excluding hydrogens is 257 g/mol. The van der Waals surface area contributed by atoms with E-state index in [2.05, 4.69) is 10.3 Å². The second-order valence-electron chi connectivity index (χ2n) is 5.26. The maximum absolute atomic E-state index is 12.5. The first-order valence-electron chi connectivity index (χ1n) is 6.27. The van der Waals surface area contributed by atoms with Crippen LogP contribution < -0.4 is 5.32 Å².